The maximum Gasteiger partial charge on any atom is 0.276 e. The fourth-order valence-corrected chi connectivity index (χ4v) is 2.62. The summed E-state index contributed by atoms with van der Waals surface area (Å²) >= 11 is 11.3. The molecule has 0 radical (unpaired) electrons. The second kappa shape index (κ2) is 8.37. The fraction of sp³-hybridized carbons (Fsp3) is 0.0556. The third-order valence-corrected chi connectivity index (χ3v) is 4.14. The van der Waals surface area contributed by atoms with E-state index in [4.69, 9.17) is 23.2 Å². The molecule has 2 aromatic carbocycles. The standard InChI is InChI=1S/C18H12Cl2F2N4O2/c19-12-7-10(1-3-14(12)21)23-17(27)9-26-6-5-16(25-26)18(28)24-11-2-4-15(22)13(20)8-11/h1-8H,9H2,(H,23,27)(H,24,28). The minimum absolute atomic E-state index is 0.0538. The van der Waals surface area contributed by atoms with Crippen LogP contribution in [0.25, 0.3) is 0 Å². The molecule has 28 heavy (non-hydrogen) atoms. The van der Waals surface area contributed by atoms with Gasteiger partial charge in [-0.25, -0.2) is 8.78 Å². The average molecular weight is 425 g/mol. The number of carbonyl (C=O) groups is 2. The molecule has 6 nitrogen and oxygen atoms in total. The summed E-state index contributed by atoms with van der Waals surface area (Å²) in [6.45, 7) is -0.176. The van der Waals surface area contributed by atoms with Crippen LogP contribution in [0.15, 0.2) is 48.7 Å². The van der Waals surface area contributed by atoms with Crippen LogP contribution in [0.1, 0.15) is 10.5 Å². The molecule has 0 fully saturated rings. The molecule has 1 heterocycles. The van der Waals surface area contributed by atoms with Crippen molar-refractivity contribution in [2.45, 2.75) is 6.54 Å². The van der Waals surface area contributed by atoms with Gasteiger partial charge >= 0.3 is 0 Å². The average Bonchev–Trinajstić information content (AvgIpc) is 3.10. The van der Waals surface area contributed by atoms with Crippen LogP contribution >= 0.6 is 23.2 Å². The van der Waals surface area contributed by atoms with E-state index in [-0.39, 0.29) is 22.3 Å². The summed E-state index contributed by atoms with van der Waals surface area (Å²) in [6, 6.07) is 8.96. The van der Waals surface area contributed by atoms with Gasteiger partial charge in [0.15, 0.2) is 5.69 Å². The molecule has 0 saturated heterocycles. The molecule has 0 saturated carbocycles. The molecule has 0 atom stereocenters. The second-order valence-electron chi connectivity index (χ2n) is 5.66. The van der Waals surface area contributed by atoms with Crippen molar-refractivity contribution in [3.05, 3.63) is 76.0 Å². The Morgan fingerprint density at radius 2 is 1.50 bits per heavy atom. The maximum atomic E-state index is 13.2. The molecule has 144 valence electrons. The van der Waals surface area contributed by atoms with Crippen molar-refractivity contribution in [1.29, 1.82) is 0 Å². The highest BCUT2D eigenvalue weighted by Crippen LogP contribution is 2.20. The van der Waals surface area contributed by atoms with Crippen LogP contribution in [-0.2, 0) is 11.3 Å². The van der Waals surface area contributed by atoms with Crippen molar-refractivity contribution in [2.24, 2.45) is 0 Å². The number of benzene rings is 2. The highest BCUT2D eigenvalue weighted by molar-refractivity contribution is 6.31. The van der Waals surface area contributed by atoms with Crippen LogP contribution < -0.4 is 10.6 Å². The quantitative estimate of drug-likeness (QED) is 0.638. The summed E-state index contributed by atoms with van der Waals surface area (Å²) in [5.41, 5.74) is 0.685. The van der Waals surface area contributed by atoms with Gasteiger partial charge < -0.3 is 10.6 Å². The first-order valence-corrected chi connectivity index (χ1v) is 8.62. The lowest BCUT2D eigenvalue weighted by Gasteiger charge is -2.06. The number of nitrogens with one attached hydrogen (secondary N) is 2. The molecule has 1 aromatic heterocycles. The van der Waals surface area contributed by atoms with Crippen LogP contribution in [0, 0.1) is 11.6 Å². The lowest BCUT2D eigenvalue weighted by molar-refractivity contribution is -0.116. The monoisotopic (exact) mass is 424 g/mol. The molecule has 2 N–H and O–H groups in total. The van der Waals surface area contributed by atoms with Gasteiger partial charge in [-0.15, -0.1) is 0 Å². The van der Waals surface area contributed by atoms with E-state index < -0.39 is 23.4 Å². The molecule has 0 bridgehead atoms. The third kappa shape index (κ3) is 4.85. The van der Waals surface area contributed by atoms with E-state index in [1.54, 1.807) is 0 Å². The Labute approximate surface area is 168 Å². The van der Waals surface area contributed by atoms with E-state index in [0.717, 1.165) is 12.1 Å². The molecule has 0 aliphatic rings. The minimum atomic E-state index is -0.600. The van der Waals surface area contributed by atoms with E-state index in [1.807, 2.05) is 0 Å². The predicted molar refractivity (Wildman–Crippen MR) is 102 cm³/mol. The Kier molecular flexibility index (Phi) is 5.91. The molecular weight excluding hydrogens is 413 g/mol. The number of hydrogen-bond donors (Lipinski definition) is 2. The van der Waals surface area contributed by atoms with E-state index >= 15 is 0 Å². The highest BCUT2D eigenvalue weighted by atomic mass is 35.5. The number of hydrogen-bond acceptors (Lipinski definition) is 3. The number of halogens is 4. The first kappa shape index (κ1) is 19.8. The number of rotatable bonds is 5. The number of nitrogens with zero attached hydrogens (tertiary/aromatic N) is 2. The highest BCUT2D eigenvalue weighted by Gasteiger charge is 2.13. The largest absolute Gasteiger partial charge is 0.324 e. The summed E-state index contributed by atoms with van der Waals surface area (Å²) in [6.07, 6.45) is 1.45. The Hall–Kier alpha value is -2.97. The number of aromatic nitrogens is 2. The van der Waals surface area contributed by atoms with Crippen LogP contribution in [0.4, 0.5) is 20.2 Å². The molecule has 2 amide bonds. The smallest absolute Gasteiger partial charge is 0.276 e. The predicted octanol–water partition coefficient (Wildman–Crippen LogP) is 4.36. The molecule has 3 rings (SSSR count). The normalized spacial score (nSPS) is 10.6. The molecule has 0 aliphatic carbocycles. The zero-order valence-electron chi connectivity index (χ0n) is 14.0. The van der Waals surface area contributed by atoms with Crippen LogP contribution in [-0.4, -0.2) is 21.6 Å². The number of carbonyl (C=O) groups excluding carboxylic acids is 2. The van der Waals surface area contributed by atoms with Crippen molar-refractivity contribution in [3.8, 4) is 0 Å². The maximum absolute atomic E-state index is 13.2. The molecule has 3 aromatic rings. The zero-order valence-corrected chi connectivity index (χ0v) is 15.6. The van der Waals surface area contributed by atoms with Crippen LogP contribution in [0.2, 0.25) is 10.0 Å². The van der Waals surface area contributed by atoms with Gasteiger partial charge in [-0.2, -0.15) is 5.10 Å². The van der Waals surface area contributed by atoms with E-state index in [0.29, 0.717) is 11.4 Å². The second-order valence-corrected chi connectivity index (χ2v) is 6.47. The van der Waals surface area contributed by atoms with Gasteiger partial charge in [0.1, 0.15) is 18.2 Å². The van der Waals surface area contributed by atoms with Crippen molar-refractivity contribution < 1.29 is 18.4 Å². The van der Waals surface area contributed by atoms with Crippen molar-refractivity contribution in [2.75, 3.05) is 10.6 Å². The fourth-order valence-electron chi connectivity index (χ4n) is 2.26. The van der Waals surface area contributed by atoms with E-state index in [2.05, 4.69) is 15.7 Å². The summed E-state index contributed by atoms with van der Waals surface area (Å²) in [7, 11) is 0. The number of anilines is 2. The van der Waals surface area contributed by atoms with Gasteiger partial charge in [-0.05, 0) is 42.5 Å². The first-order chi connectivity index (χ1) is 13.3. The lowest BCUT2D eigenvalue weighted by atomic mass is 10.3. The van der Waals surface area contributed by atoms with Gasteiger partial charge in [0.2, 0.25) is 5.91 Å². The summed E-state index contributed by atoms with van der Waals surface area (Å²) < 4.78 is 27.6. The zero-order chi connectivity index (χ0) is 20.3. The number of amides is 2. The SMILES string of the molecule is O=C(Cn1ccc(C(=O)Nc2ccc(F)c(Cl)c2)n1)Nc1ccc(F)c(Cl)c1. The Balaban J connectivity index is 1.61. The van der Waals surface area contributed by atoms with Crippen molar-refractivity contribution in [3.63, 3.8) is 0 Å². The summed E-state index contributed by atoms with van der Waals surface area (Å²) in [5.74, 6) is -2.18. The van der Waals surface area contributed by atoms with E-state index in [9.17, 15) is 18.4 Å². The Morgan fingerprint density at radius 3 is 2.07 bits per heavy atom. The molecule has 0 unspecified atom stereocenters. The van der Waals surface area contributed by atoms with Crippen LogP contribution in [0.5, 0.6) is 0 Å². The first-order valence-electron chi connectivity index (χ1n) is 7.86. The molecule has 10 heteroatoms. The molecular formula is C18H12Cl2F2N4O2. The molecule has 0 aliphatic heterocycles. The minimum Gasteiger partial charge on any atom is -0.324 e. The summed E-state index contributed by atoms with van der Waals surface area (Å²) in [5, 5.41) is 8.85. The van der Waals surface area contributed by atoms with Crippen molar-refractivity contribution >= 4 is 46.4 Å². The molecule has 0 spiro atoms. The van der Waals surface area contributed by atoms with Crippen LogP contribution in [0.3, 0.4) is 0 Å². The van der Waals surface area contributed by atoms with Crippen molar-refractivity contribution in [1.82, 2.24) is 9.78 Å². The van der Waals surface area contributed by atoms with Gasteiger partial charge in [0.25, 0.3) is 5.91 Å². The van der Waals surface area contributed by atoms with E-state index in [1.165, 1.54) is 41.2 Å². The van der Waals surface area contributed by atoms with Gasteiger partial charge in [-0.1, -0.05) is 23.2 Å². The van der Waals surface area contributed by atoms with Gasteiger partial charge in [-0.3, -0.25) is 14.3 Å². The Morgan fingerprint density at radius 1 is 0.929 bits per heavy atom. The lowest BCUT2D eigenvalue weighted by Crippen LogP contribution is -2.20. The third-order valence-electron chi connectivity index (χ3n) is 3.56. The summed E-state index contributed by atoms with van der Waals surface area (Å²) in [4.78, 5) is 24.3. The topological polar surface area (TPSA) is 76.0 Å². The van der Waals surface area contributed by atoms with Gasteiger partial charge in [0, 0.05) is 17.6 Å². The van der Waals surface area contributed by atoms with Gasteiger partial charge in [0.05, 0.1) is 10.0 Å². The Bertz CT molecular complexity index is 1060.